The number of nitrogens with one attached hydrogen (secondary N) is 1. The van der Waals surface area contributed by atoms with Crippen LogP contribution in [-0.2, 0) is 15.9 Å². The second kappa shape index (κ2) is 6.71. The van der Waals surface area contributed by atoms with E-state index in [1.807, 2.05) is 24.0 Å². The van der Waals surface area contributed by atoms with Crippen LogP contribution in [-0.4, -0.2) is 55.5 Å². The van der Waals surface area contributed by atoms with Gasteiger partial charge in [0.2, 0.25) is 0 Å². The van der Waals surface area contributed by atoms with Gasteiger partial charge in [0.1, 0.15) is 5.76 Å². The van der Waals surface area contributed by atoms with E-state index in [0.717, 1.165) is 18.6 Å². The highest BCUT2D eigenvalue weighted by molar-refractivity contribution is 5.74. The molecule has 2 aliphatic heterocycles. The zero-order valence-electron chi connectivity index (χ0n) is 13.0. The predicted molar refractivity (Wildman–Crippen MR) is 80.7 cm³/mol. The fraction of sp³-hybridized carbons (Fsp3) is 0.688. The van der Waals surface area contributed by atoms with Crippen LogP contribution in [0.2, 0.25) is 0 Å². The van der Waals surface area contributed by atoms with E-state index in [0.29, 0.717) is 39.3 Å². The number of ether oxygens (including phenoxy) is 2. The van der Waals surface area contributed by atoms with Gasteiger partial charge in [-0.25, -0.2) is 4.79 Å². The van der Waals surface area contributed by atoms with Crippen molar-refractivity contribution in [2.24, 2.45) is 0 Å². The molecule has 0 aromatic carbocycles. The zero-order valence-corrected chi connectivity index (χ0v) is 13.0. The Bertz CT molecular complexity index is 482. The lowest BCUT2D eigenvalue weighted by Gasteiger charge is -2.47. The minimum Gasteiger partial charge on any atom is -0.469 e. The molecule has 1 aromatic heterocycles. The van der Waals surface area contributed by atoms with Crippen molar-refractivity contribution in [2.75, 3.05) is 32.8 Å². The molecule has 2 amide bonds. The molecule has 0 aliphatic carbocycles. The van der Waals surface area contributed by atoms with Gasteiger partial charge >= 0.3 is 6.03 Å². The third kappa shape index (κ3) is 3.62. The molecule has 2 aliphatic rings. The molecule has 122 valence electrons. The number of furan rings is 1. The normalized spacial score (nSPS) is 24.4. The Kier molecular flexibility index (Phi) is 4.69. The maximum atomic E-state index is 12.4. The summed E-state index contributed by atoms with van der Waals surface area (Å²) in [7, 11) is 0. The van der Waals surface area contributed by atoms with Crippen molar-refractivity contribution < 1.29 is 18.7 Å². The number of urea groups is 1. The summed E-state index contributed by atoms with van der Waals surface area (Å²) >= 11 is 0. The number of morpholine rings is 1. The highest BCUT2D eigenvalue weighted by Crippen LogP contribution is 2.31. The van der Waals surface area contributed by atoms with Gasteiger partial charge in [-0.3, -0.25) is 0 Å². The van der Waals surface area contributed by atoms with Gasteiger partial charge in [0.05, 0.1) is 24.5 Å². The van der Waals surface area contributed by atoms with Crippen LogP contribution in [0.3, 0.4) is 0 Å². The van der Waals surface area contributed by atoms with E-state index in [1.165, 1.54) is 0 Å². The molecule has 6 nitrogen and oxygen atoms in total. The second-order valence-corrected chi connectivity index (χ2v) is 6.17. The van der Waals surface area contributed by atoms with Gasteiger partial charge < -0.3 is 24.1 Å². The smallest absolute Gasteiger partial charge is 0.317 e. The largest absolute Gasteiger partial charge is 0.469 e. The molecule has 22 heavy (non-hydrogen) atoms. The van der Waals surface area contributed by atoms with Crippen LogP contribution in [0.4, 0.5) is 4.79 Å². The van der Waals surface area contributed by atoms with Gasteiger partial charge in [-0.15, -0.1) is 0 Å². The lowest BCUT2D eigenvalue weighted by molar-refractivity contribution is -0.175. The molecule has 0 saturated carbocycles. The van der Waals surface area contributed by atoms with Crippen LogP contribution >= 0.6 is 0 Å². The number of carbonyl (C=O) groups is 1. The first-order valence-corrected chi connectivity index (χ1v) is 7.98. The van der Waals surface area contributed by atoms with E-state index in [1.54, 1.807) is 6.26 Å². The van der Waals surface area contributed by atoms with Gasteiger partial charge in [-0.2, -0.15) is 0 Å². The molecule has 0 radical (unpaired) electrons. The number of amides is 2. The molecule has 0 bridgehead atoms. The minimum absolute atomic E-state index is 0.0208. The van der Waals surface area contributed by atoms with Gasteiger partial charge in [0, 0.05) is 45.6 Å². The Morgan fingerprint density at radius 1 is 1.45 bits per heavy atom. The summed E-state index contributed by atoms with van der Waals surface area (Å²) in [5, 5.41) is 2.97. The van der Waals surface area contributed by atoms with Crippen LogP contribution in [0, 0.1) is 0 Å². The molecule has 1 N–H and O–H groups in total. The molecule has 1 aromatic rings. The summed E-state index contributed by atoms with van der Waals surface area (Å²) in [5.41, 5.74) is -0.228. The summed E-state index contributed by atoms with van der Waals surface area (Å²) in [6.45, 7) is 5.30. The molecule has 2 fully saturated rings. The average Bonchev–Trinajstić information content (AvgIpc) is 3.00. The van der Waals surface area contributed by atoms with E-state index in [4.69, 9.17) is 13.9 Å². The Labute approximate surface area is 130 Å². The molecule has 3 heterocycles. The van der Waals surface area contributed by atoms with Crippen molar-refractivity contribution in [3.05, 3.63) is 24.2 Å². The van der Waals surface area contributed by atoms with Crippen molar-refractivity contribution in [2.45, 2.75) is 37.9 Å². The quantitative estimate of drug-likeness (QED) is 0.925. The fourth-order valence-electron chi connectivity index (χ4n) is 3.26. The van der Waals surface area contributed by atoms with Crippen LogP contribution in [0.25, 0.3) is 0 Å². The Morgan fingerprint density at radius 2 is 2.27 bits per heavy atom. The molecule has 2 saturated heterocycles. The van der Waals surface area contributed by atoms with Gasteiger partial charge in [0.15, 0.2) is 0 Å². The Morgan fingerprint density at radius 3 is 3.00 bits per heavy atom. The van der Waals surface area contributed by atoms with Crippen LogP contribution in [0.1, 0.15) is 25.5 Å². The van der Waals surface area contributed by atoms with E-state index in [2.05, 4.69) is 5.32 Å². The molecular formula is C16H24N2O4. The highest BCUT2D eigenvalue weighted by atomic mass is 16.5. The molecule has 1 unspecified atom stereocenters. The monoisotopic (exact) mass is 308 g/mol. The van der Waals surface area contributed by atoms with E-state index < -0.39 is 0 Å². The number of hydrogen-bond donors (Lipinski definition) is 1. The van der Waals surface area contributed by atoms with Crippen molar-refractivity contribution in [3.8, 4) is 0 Å². The summed E-state index contributed by atoms with van der Waals surface area (Å²) in [5.74, 6) is 0.886. The van der Waals surface area contributed by atoms with Crippen LogP contribution < -0.4 is 5.32 Å². The average molecular weight is 308 g/mol. The maximum absolute atomic E-state index is 12.4. The third-order valence-electron chi connectivity index (χ3n) is 4.33. The van der Waals surface area contributed by atoms with Crippen molar-refractivity contribution in [1.29, 1.82) is 0 Å². The third-order valence-corrected chi connectivity index (χ3v) is 4.33. The zero-order chi connectivity index (χ0) is 15.4. The van der Waals surface area contributed by atoms with Gasteiger partial charge in [0.25, 0.3) is 0 Å². The number of carbonyl (C=O) groups excluding carboxylic acids is 1. The predicted octanol–water partition coefficient (Wildman–Crippen LogP) is 1.80. The summed E-state index contributed by atoms with van der Waals surface area (Å²) in [6.07, 6.45) is 4.12. The maximum Gasteiger partial charge on any atom is 0.317 e. The summed E-state index contributed by atoms with van der Waals surface area (Å²) < 4.78 is 16.8. The standard InChI is InChI=1S/C16H24N2O4/c1-13-11-18(12-16(22-13)5-9-20-10-6-16)15(19)17-7-4-14-3-2-8-21-14/h2-3,8,13H,4-7,9-12H2,1H3,(H,17,19). The Hall–Kier alpha value is -1.53. The molecule has 1 spiro atoms. The van der Waals surface area contributed by atoms with Crippen LogP contribution in [0.15, 0.2) is 22.8 Å². The molecule has 6 heteroatoms. The summed E-state index contributed by atoms with van der Waals surface area (Å²) in [6, 6.07) is 3.75. The lowest BCUT2D eigenvalue weighted by atomic mass is 9.91. The van der Waals surface area contributed by atoms with Crippen molar-refractivity contribution >= 4 is 6.03 Å². The van der Waals surface area contributed by atoms with E-state index >= 15 is 0 Å². The first-order chi connectivity index (χ1) is 10.7. The topological polar surface area (TPSA) is 63.9 Å². The van der Waals surface area contributed by atoms with E-state index in [-0.39, 0.29) is 17.7 Å². The first-order valence-electron chi connectivity index (χ1n) is 7.98. The second-order valence-electron chi connectivity index (χ2n) is 6.17. The number of hydrogen-bond acceptors (Lipinski definition) is 4. The minimum atomic E-state index is -0.228. The van der Waals surface area contributed by atoms with Crippen molar-refractivity contribution in [1.82, 2.24) is 10.2 Å². The fourth-order valence-corrected chi connectivity index (χ4v) is 3.26. The van der Waals surface area contributed by atoms with Gasteiger partial charge in [-0.05, 0) is 19.1 Å². The first kappa shape index (κ1) is 15.4. The van der Waals surface area contributed by atoms with Crippen molar-refractivity contribution in [3.63, 3.8) is 0 Å². The molecule has 1 atom stereocenters. The van der Waals surface area contributed by atoms with E-state index in [9.17, 15) is 4.79 Å². The lowest BCUT2D eigenvalue weighted by Crippen LogP contribution is -2.60. The number of rotatable bonds is 3. The Balaban J connectivity index is 1.52. The molecular weight excluding hydrogens is 284 g/mol. The number of nitrogens with zero attached hydrogens (tertiary/aromatic N) is 1. The summed E-state index contributed by atoms with van der Waals surface area (Å²) in [4.78, 5) is 14.3. The van der Waals surface area contributed by atoms with Gasteiger partial charge in [-0.1, -0.05) is 0 Å². The molecule has 3 rings (SSSR count). The highest BCUT2D eigenvalue weighted by Gasteiger charge is 2.42. The SMILES string of the molecule is CC1CN(C(=O)NCCc2ccco2)CC2(CCOCC2)O1. The van der Waals surface area contributed by atoms with Crippen LogP contribution in [0.5, 0.6) is 0 Å².